The minimum absolute atomic E-state index is 0.380. The molecule has 188 valence electrons. The lowest BCUT2D eigenvalue weighted by molar-refractivity contribution is 0.210. The summed E-state index contributed by atoms with van der Waals surface area (Å²) >= 11 is 3.45. The van der Waals surface area contributed by atoms with Crippen molar-refractivity contribution < 1.29 is 9.47 Å². The second-order valence-electron chi connectivity index (χ2n) is 8.24. The van der Waals surface area contributed by atoms with Crippen LogP contribution >= 0.6 is 24.7 Å². The zero-order valence-corrected chi connectivity index (χ0v) is 23.6. The number of rotatable bonds is 13. The molecule has 3 aromatic carbocycles. The van der Waals surface area contributed by atoms with E-state index in [0.717, 1.165) is 39.6 Å². The number of allylic oxidation sites excluding steroid dienone is 1. The predicted octanol–water partition coefficient (Wildman–Crippen LogP) is 7.59. The normalized spacial score (nSPS) is 12.4. The molecule has 0 saturated heterocycles. The molecule has 0 spiro atoms. The molecule has 0 bridgehead atoms. The lowest BCUT2D eigenvalue weighted by Crippen LogP contribution is -2.17. The number of aliphatic imine (C=N–C) groups is 1. The van der Waals surface area contributed by atoms with Crippen LogP contribution < -0.4 is 9.82 Å². The van der Waals surface area contributed by atoms with Crippen LogP contribution in [0.5, 0.6) is 5.75 Å². The molecule has 0 radical (unpaired) electrons. The van der Waals surface area contributed by atoms with Gasteiger partial charge in [-0.05, 0) is 70.6 Å². The summed E-state index contributed by atoms with van der Waals surface area (Å²) in [6.45, 7) is 9.29. The molecule has 0 fully saturated rings. The monoisotopic (exact) mass is 564 g/mol. The van der Waals surface area contributed by atoms with E-state index < -0.39 is 0 Å². The first kappa shape index (κ1) is 27.7. The summed E-state index contributed by atoms with van der Waals surface area (Å²) in [6, 6.07) is 26.8. The van der Waals surface area contributed by atoms with Crippen molar-refractivity contribution in [2.45, 2.75) is 20.3 Å². The van der Waals surface area contributed by atoms with Crippen LogP contribution in [0.4, 0.5) is 0 Å². The molecule has 1 unspecified atom stereocenters. The number of ether oxygens (including phenoxy) is 2. The average Bonchev–Trinajstić information content (AvgIpc) is 2.90. The zero-order valence-electron chi connectivity index (χ0n) is 21.0. The zero-order chi connectivity index (χ0) is 25.6. The van der Waals surface area contributed by atoms with Gasteiger partial charge in [0.05, 0.1) is 12.1 Å². The van der Waals surface area contributed by atoms with Gasteiger partial charge < -0.3 is 14.6 Å². The van der Waals surface area contributed by atoms with Gasteiger partial charge in [-0.15, -0.1) is 6.58 Å². The SMILES string of the molecule is C=CCN=C(OCCOc1ccc(Br)cc1)/C(=C(\C)NPCCc1ccccc1)c1ccc(C)cc1. The fourth-order valence-electron chi connectivity index (χ4n) is 3.50. The Morgan fingerprint density at radius 2 is 1.72 bits per heavy atom. The van der Waals surface area contributed by atoms with Crippen molar-refractivity contribution in [1.29, 1.82) is 0 Å². The molecule has 6 heteroatoms. The highest BCUT2D eigenvalue weighted by molar-refractivity contribution is 9.10. The van der Waals surface area contributed by atoms with Crippen molar-refractivity contribution in [3.05, 3.63) is 118 Å². The van der Waals surface area contributed by atoms with Crippen LogP contribution in [0.25, 0.3) is 5.57 Å². The number of hydrogen-bond acceptors (Lipinski definition) is 4. The van der Waals surface area contributed by atoms with Crippen molar-refractivity contribution in [2.75, 3.05) is 25.9 Å². The van der Waals surface area contributed by atoms with Crippen molar-refractivity contribution >= 4 is 36.1 Å². The van der Waals surface area contributed by atoms with Gasteiger partial charge in [-0.1, -0.05) is 82.2 Å². The van der Waals surface area contributed by atoms with Crippen LogP contribution in [0.15, 0.2) is 107 Å². The first-order valence-corrected chi connectivity index (χ1v) is 14.0. The highest BCUT2D eigenvalue weighted by Gasteiger charge is 2.16. The molecule has 0 aliphatic heterocycles. The smallest absolute Gasteiger partial charge is 0.218 e. The van der Waals surface area contributed by atoms with Crippen LogP contribution in [0.3, 0.4) is 0 Å². The van der Waals surface area contributed by atoms with Crippen LogP contribution in [0.2, 0.25) is 0 Å². The second-order valence-corrected chi connectivity index (χ2v) is 10.3. The fraction of sp³-hybridized carbons (Fsp3) is 0.233. The summed E-state index contributed by atoms with van der Waals surface area (Å²) < 4.78 is 13.1. The minimum Gasteiger partial charge on any atom is -0.490 e. The molecule has 0 aliphatic carbocycles. The van der Waals surface area contributed by atoms with Crippen LogP contribution in [-0.4, -0.2) is 31.8 Å². The van der Waals surface area contributed by atoms with Gasteiger partial charge in [0.25, 0.3) is 0 Å². The first-order chi connectivity index (χ1) is 17.6. The highest BCUT2D eigenvalue weighted by Crippen LogP contribution is 2.24. The van der Waals surface area contributed by atoms with Crippen LogP contribution in [-0.2, 0) is 11.2 Å². The molecule has 3 aromatic rings. The van der Waals surface area contributed by atoms with E-state index in [1.165, 1.54) is 11.1 Å². The molecule has 3 rings (SSSR count). The average molecular weight is 565 g/mol. The van der Waals surface area contributed by atoms with Gasteiger partial charge in [0.15, 0.2) is 0 Å². The molecular weight excluding hydrogens is 531 g/mol. The van der Waals surface area contributed by atoms with E-state index in [9.17, 15) is 0 Å². The van der Waals surface area contributed by atoms with E-state index in [1.807, 2.05) is 24.3 Å². The molecule has 0 amide bonds. The minimum atomic E-state index is 0.380. The molecule has 1 N–H and O–H groups in total. The summed E-state index contributed by atoms with van der Waals surface area (Å²) in [5, 5.41) is 3.63. The Bertz CT molecular complexity index is 1140. The Hall–Kier alpha value is -2.88. The molecular formula is C30H34BrN2O2P. The molecule has 1 atom stereocenters. The largest absolute Gasteiger partial charge is 0.490 e. The maximum Gasteiger partial charge on any atom is 0.218 e. The molecule has 0 aromatic heterocycles. The Kier molecular flexibility index (Phi) is 11.8. The number of hydrogen-bond donors (Lipinski definition) is 1. The predicted molar refractivity (Wildman–Crippen MR) is 158 cm³/mol. The summed E-state index contributed by atoms with van der Waals surface area (Å²) in [6.07, 6.45) is 3.88. The maximum absolute atomic E-state index is 6.21. The number of halogens is 1. The number of benzene rings is 3. The van der Waals surface area contributed by atoms with Crippen molar-refractivity contribution in [3.63, 3.8) is 0 Å². The van der Waals surface area contributed by atoms with E-state index in [1.54, 1.807) is 6.08 Å². The second kappa shape index (κ2) is 15.3. The van der Waals surface area contributed by atoms with Crippen LogP contribution in [0, 0.1) is 6.92 Å². The van der Waals surface area contributed by atoms with Gasteiger partial charge >= 0.3 is 0 Å². The van der Waals surface area contributed by atoms with Crippen molar-refractivity contribution in [3.8, 4) is 5.75 Å². The Labute approximate surface area is 225 Å². The molecule has 0 heterocycles. The lowest BCUT2D eigenvalue weighted by atomic mass is 10.0. The van der Waals surface area contributed by atoms with Gasteiger partial charge in [0.2, 0.25) is 5.90 Å². The van der Waals surface area contributed by atoms with Gasteiger partial charge in [-0.25, -0.2) is 4.99 Å². The number of aryl methyl sites for hydroxylation is 2. The van der Waals surface area contributed by atoms with Crippen LogP contribution in [0.1, 0.15) is 23.6 Å². The quantitative estimate of drug-likeness (QED) is 0.0764. The van der Waals surface area contributed by atoms with E-state index in [2.05, 4.69) is 96.0 Å². The lowest BCUT2D eigenvalue weighted by Gasteiger charge is -2.18. The van der Waals surface area contributed by atoms with Gasteiger partial charge in [0.1, 0.15) is 19.0 Å². The third-order valence-corrected chi connectivity index (χ3v) is 6.94. The van der Waals surface area contributed by atoms with E-state index in [0.29, 0.717) is 34.4 Å². The van der Waals surface area contributed by atoms with Crippen molar-refractivity contribution in [1.82, 2.24) is 5.09 Å². The van der Waals surface area contributed by atoms with E-state index in [4.69, 9.17) is 14.5 Å². The topological polar surface area (TPSA) is 42.9 Å². The van der Waals surface area contributed by atoms with E-state index >= 15 is 0 Å². The molecule has 0 saturated carbocycles. The van der Waals surface area contributed by atoms with Crippen molar-refractivity contribution in [2.24, 2.45) is 4.99 Å². The standard InChI is InChI=1S/C30H34BrN2O2P/c1-4-19-32-30(35-21-20-34-28-16-14-27(31)15-17-28)29(26-12-10-23(2)11-13-26)24(3)33-36-22-18-25-8-6-5-7-9-25/h4-17,33,36H,1,18-22H2,2-3H3/b29-24+,32-30?. The van der Waals surface area contributed by atoms with Gasteiger partial charge in [-0.3, -0.25) is 0 Å². The van der Waals surface area contributed by atoms with Gasteiger partial charge in [-0.2, -0.15) is 0 Å². The number of nitrogens with zero attached hydrogens (tertiary/aromatic N) is 1. The third-order valence-electron chi connectivity index (χ3n) is 5.35. The Morgan fingerprint density at radius 1 is 1.00 bits per heavy atom. The van der Waals surface area contributed by atoms with Gasteiger partial charge in [0, 0.05) is 10.2 Å². The summed E-state index contributed by atoms with van der Waals surface area (Å²) in [5.74, 6) is 1.40. The highest BCUT2D eigenvalue weighted by atomic mass is 79.9. The fourth-order valence-corrected chi connectivity index (χ4v) is 4.70. The molecule has 0 aliphatic rings. The Morgan fingerprint density at radius 3 is 2.42 bits per heavy atom. The summed E-state index contributed by atoms with van der Waals surface area (Å²) in [4.78, 5) is 4.71. The summed E-state index contributed by atoms with van der Waals surface area (Å²) in [5.41, 5.74) is 5.64. The molecule has 4 nitrogen and oxygen atoms in total. The number of nitrogens with one attached hydrogen (secondary N) is 1. The first-order valence-electron chi connectivity index (χ1n) is 12.0. The maximum atomic E-state index is 6.21. The third kappa shape index (κ3) is 9.29. The molecule has 36 heavy (non-hydrogen) atoms. The van der Waals surface area contributed by atoms with E-state index in [-0.39, 0.29) is 0 Å². The summed E-state index contributed by atoms with van der Waals surface area (Å²) in [7, 11) is 0.584. The Balaban J connectivity index is 1.72.